The molecule has 1 fully saturated rings. The first-order valence-corrected chi connectivity index (χ1v) is 7.41. The first-order valence-electron chi connectivity index (χ1n) is 7.41. The molecule has 0 saturated heterocycles. The second-order valence-corrected chi connectivity index (χ2v) is 5.24. The number of rotatable bonds is 10. The van der Waals surface area contributed by atoms with Gasteiger partial charge in [0.15, 0.2) is 18.3 Å². The van der Waals surface area contributed by atoms with Gasteiger partial charge in [0, 0.05) is 6.54 Å². The van der Waals surface area contributed by atoms with E-state index < -0.39 is 0 Å². The van der Waals surface area contributed by atoms with E-state index in [0.29, 0.717) is 6.79 Å². The Labute approximate surface area is 121 Å². The minimum atomic E-state index is 0.290. The SMILES string of the molecule is CCCNCc1ccc(OC)c(OCOCC2CC2)c1. The van der Waals surface area contributed by atoms with Crippen molar-refractivity contribution in [3.63, 3.8) is 0 Å². The Bertz CT molecular complexity index is 405. The van der Waals surface area contributed by atoms with E-state index in [4.69, 9.17) is 14.2 Å². The average Bonchev–Trinajstić information content (AvgIpc) is 3.28. The van der Waals surface area contributed by atoms with Crippen LogP contribution in [0.5, 0.6) is 11.5 Å². The molecular formula is C16H25NO3. The molecule has 0 bridgehead atoms. The molecule has 0 amide bonds. The molecule has 4 heteroatoms. The van der Waals surface area contributed by atoms with E-state index in [1.54, 1.807) is 7.11 Å². The summed E-state index contributed by atoms with van der Waals surface area (Å²) in [6.45, 7) is 5.12. The molecule has 1 aromatic rings. The maximum absolute atomic E-state index is 5.68. The maximum Gasteiger partial charge on any atom is 0.189 e. The van der Waals surface area contributed by atoms with E-state index >= 15 is 0 Å². The molecule has 0 spiro atoms. The lowest BCUT2D eigenvalue weighted by atomic mass is 10.2. The first-order chi connectivity index (χ1) is 9.83. The molecule has 1 saturated carbocycles. The van der Waals surface area contributed by atoms with Gasteiger partial charge in [-0.1, -0.05) is 13.0 Å². The van der Waals surface area contributed by atoms with Gasteiger partial charge < -0.3 is 19.5 Å². The molecule has 0 unspecified atom stereocenters. The summed E-state index contributed by atoms with van der Waals surface area (Å²) in [5.74, 6) is 2.25. The van der Waals surface area contributed by atoms with Crippen molar-refractivity contribution in [2.45, 2.75) is 32.7 Å². The molecular weight excluding hydrogens is 254 g/mol. The molecule has 1 aliphatic rings. The number of benzene rings is 1. The van der Waals surface area contributed by atoms with Crippen molar-refractivity contribution in [3.05, 3.63) is 23.8 Å². The van der Waals surface area contributed by atoms with Crippen molar-refractivity contribution in [3.8, 4) is 11.5 Å². The smallest absolute Gasteiger partial charge is 0.189 e. The van der Waals surface area contributed by atoms with E-state index in [1.807, 2.05) is 12.1 Å². The number of hydrogen-bond donors (Lipinski definition) is 1. The van der Waals surface area contributed by atoms with Crippen molar-refractivity contribution < 1.29 is 14.2 Å². The molecule has 1 N–H and O–H groups in total. The molecule has 2 rings (SSSR count). The van der Waals surface area contributed by atoms with Gasteiger partial charge in [-0.2, -0.15) is 0 Å². The zero-order chi connectivity index (χ0) is 14.2. The average molecular weight is 279 g/mol. The van der Waals surface area contributed by atoms with Gasteiger partial charge in [-0.25, -0.2) is 0 Å². The summed E-state index contributed by atoms with van der Waals surface area (Å²) < 4.78 is 16.5. The van der Waals surface area contributed by atoms with Crippen LogP contribution < -0.4 is 14.8 Å². The van der Waals surface area contributed by atoms with Gasteiger partial charge in [0.05, 0.1) is 13.7 Å². The van der Waals surface area contributed by atoms with Gasteiger partial charge in [0.2, 0.25) is 0 Å². The maximum atomic E-state index is 5.68. The molecule has 112 valence electrons. The predicted molar refractivity (Wildman–Crippen MR) is 79.2 cm³/mol. The van der Waals surface area contributed by atoms with Crippen LogP contribution in [0, 0.1) is 5.92 Å². The highest BCUT2D eigenvalue weighted by Crippen LogP contribution is 2.30. The summed E-state index contributed by atoms with van der Waals surface area (Å²) in [5.41, 5.74) is 1.19. The highest BCUT2D eigenvalue weighted by atomic mass is 16.7. The Morgan fingerprint density at radius 3 is 2.80 bits per heavy atom. The van der Waals surface area contributed by atoms with Crippen LogP contribution in [0.2, 0.25) is 0 Å². The third-order valence-electron chi connectivity index (χ3n) is 3.33. The molecule has 0 heterocycles. The summed E-state index contributed by atoms with van der Waals surface area (Å²) in [6.07, 6.45) is 3.72. The summed E-state index contributed by atoms with van der Waals surface area (Å²) in [5, 5.41) is 3.38. The molecule has 4 nitrogen and oxygen atoms in total. The standard InChI is InChI=1S/C16H25NO3/c1-3-8-17-10-14-6-7-15(18-2)16(9-14)20-12-19-11-13-4-5-13/h6-7,9,13,17H,3-5,8,10-12H2,1-2H3. The molecule has 0 atom stereocenters. The number of methoxy groups -OCH3 is 1. The highest BCUT2D eigenvalue weighted by Gasteiger charge is 2.21. The van der Waals surface area contributed by atoms with Crippen LogP contribution in [0.25, 0.3) is 0 Å². The molecule has 20 heavy (non-hydrogen) atoms. The van der Waals surface area contributed by atoms with Gasteiger partial charge in [0.1, 0.15) is 0 Å². The lowest BCUT2D eigenvalue weighted by Crippen LogP contribution is -2.14. The van der Waals surface area contributed by atoms with Gasteiger partial charge in [-0.15, -0.1) is 0 Å². The van der Waals surface area contributed by atoms with E-state index in [9.17, 15) is 0 Å². The number of ether oxygens (including phenoxy) is 3. The van der Waals surface area contributed by atoms with Crippen LogP contribution in [-0.4, -0.2) is 27.1 Å². The van der Waals surface area contributed by atoms with Crippen molar-refractivity contribution >= 4 is 0 Å². The summed E-state index contributed by atoms with van der Waals surface area (Å²) in [7, 11) is 1.66. The normalized spacial score (nSPS) is 14.3. The quantitative estimate of drug-likeness (QED) is 0.528. The van der Waals surface area contributed by atoms with Gasteiger partial charge >= 0.3 is 0 Å². The lowest BCUT2D eigenvalue weighted by Gasteiger charge is -2.13. The summed E-state index contributed by atoms with van der Waals surface area (Å²) >= 11 is 0. The van der Waals surface area contributed by atoms with Gasteiger partial charge in [0.25, 0.3) is 0 Å². The monoisotopic (exact) mass is 279 g/mol. The summed E-state index contributed by atoms with van der Waals surface area (Å²) in [6, 6.07) is 6.01. The zero-order valence-electron chi connectivity index (χ0n) is 12.5. The number of nitrogens with one attached hydrogen (secondary N) is 1. The van der Waals surface area contributed by atoms with Crippen molar-refractivity contribution in [2.75, 3.05) is 27.1 Å². The molecule has 0 aliphatic heterocycles. The van der Waals surface area contributed by atoms with Crippen molar-refractivity contribution in [1.29, 1.82) is 0 Å². The second-order valence-electron chi connectivity index (χ2n) is 5.24. The Morgan fingerprint density at radius 1 is 1.25 bits per heavy atom. The third-order valence-corrected chi connectivity index (χ3v) is 3.33. The molecule has 1 aromatic carbocycles. The topological polar surface area (TPSA) is 39.7 Å². The largest absolute Gasteiger partial charge is 0.493 e. The van der Waals surface area contributed by atoms with E-state index in [0.717, 1.165) is 43.5 Å². The zero-order valence-corrected chi connectivity index (χ0v) is 12.5. The first kappa shape index (κ1) is 15.1. The van der Waals surface area contributed by atoms with Gasteiger partial charge in [-0.05, 0) is 49.4 Å². The fourth-order valence-electron chi connectivity index (χ4n) is 1.96. The molecule has 0 aromatic heterocycles. The van der Waals surface area contributed by atoms with Gasteiger partial charge in [-0.3, -0.25) is 0 Å². The minimum Gasteiger partial charge on any atom is -0.493 e. The third kappa shape index (κ3) is 5.02. The number of hydrogen-bond acceptors (Lipinski definition) is 4. The van der Waals surface area contributed by atoms with Crippen LogP contribution in [-0.2, 0) is 11.3 Å². The second kappa shape index (κ2) is 8.12. The van der Waals surface area contributed by atoms with E-state index in [-0.39, 0.29) is 0 Å². The van der Waals surface area contributed by atoms with Crippen LogP contribution in [0.4, 0.5) is 0 Å². The fraction of sp³-hybridized carbons (Fsp3) is 0.625. The van der Waals surface area contributed by atoms with Crippen LogP contribution in [0.15, 0.2) is 18.2 Å². The Balaban J connectivity index is 1.83. The van der Waals surface area contributed by atoms with Crippen LogP contribution in [0.1, 0.15) is 31.7 Å². The fourth-order valence-corrected chi connectivity index (χ4v) is 1.96. The summed E-state index contributed by atoms with van der Waals surface area (Å²) in [4.78, 5) is 0. The lowest BCUT2D eigenvalue weighted by molar-refractivity contribution is 0.00862. The van der Waals surface area contributed by atoms with Crippen molar-refractivity contribution in [2.24, 2.45) is 5.92 Å². The molecule has 1 aliphatic carbocycles. The highest BCUT2D eigenvalue weighted by molar-refractivity contribution is 5.42. The minimum absolute atomic E-state index is 0.290. The van der Waals surface area contributed by atoms with Crippen LogP contribution >= 0.6 is 0 Å². The van der Waals surface area contributed by atoms with Crippen LogP contribution in [0.3, 0.4) is 0 Å². The Kier molecular flexibility index (Phi) is 6.15. The Hall–Kier alpha value is -1.26. The van der Waals surface area contributed by atoms with E-state index in [1.165, 1.54) is 18.4 Å². The molecule has 0 radical (unpaired) electrons. The Morgan fingerprint density at radius 2 is 2.10 bits per heavy atom. The van der Waals surface area contributed by atoms with E-state index in [2.05, 4.69) is 18.3 Å². The van der Waals surface area contributed by atoms with Crippen molar-refractivity contribution in [1.82, 2.24) is 5.32 Å². The predicted octanol–water partition coefficient (Wildman–Crippen LogP) is 2.96.